The van der Waals surface area contributed by atoms with Crippen LogP contribution in [-0.2, 0) is 25.7 Å². The number of para-hydroxylation sites is 1. The largest absolute Gasteiger partial charge is 0.308 e. The summed E-state index contributed by atoms with van der Waals surface area (Å²) in [5.74, 6) is 0. The Kier molecular flexibility index (Phi) is 3.27. The lowest BCUT2D eigenvalue weighted by atomic mass is 9.82. The molecule has 9 rings (SSSR count). The van der Waals surface area contributed by atoms with Crippen molar-refractivity contribution in [2.45, 2.75) is 25.7 Å². The first-order valence-electron chi connectivity index (χ1n) is 12.6. The third kappa shape index (κ3) is 2.23. The van der Waals surface area contributed by atoms with Crippen molar-refractivity contribution < 1.29 is 0 Å². The number of anilines is 3. The predicted octanol–water partition coefficient (Wildman–Crippen LogP) is 7.50. The maximum absolute atomic E-state index is 4.52. The van der Waals surface area contributed by atoms with E-state index in [0.717, 1.165) is 25.7 Å². The van der Waals surface area contributed by atoms with Crippen molar-refractivity contribution in [1.82, 2.24) is 4.98 Å². The van der Waals surface area contributed by atoms with Gasteiger partial charge in [0.15, 0.2) is 0 Å². The van der Waals surface area contributed by atoms with Gasteiger partial charge in [-0.25, -0.2) is 0 Å². The first kappa shape index (κ1) is 18.2. The molecular weight excluding hydrogens is 424 g/mol. The van der Waals surface area contributed by atoms with Crippen molar-refractivity contribution in [1.29, 1.82) is 0 Å². The fourth-order valence-corrected chi connectivity index (χ4v) is 7.24. The van der Waals surface area contributed by atoms with Crippen LogP contribution in [-0.4, -0.2) is 4.98 Å². The van der Waals surface area contributed by atoms with E-state index in [0.29, 0.717) is 0 Å². The summed E-state index contributed by atoms with van der Waals surface area (Å²) in [6.45, 7) is 0. The Hall–Kier alpha value is -4.17. The summed E-state index contributed by atoms with van der Waals surface area (Å²) in [7, 11) is 0. The first-order valence-corrected chi connectivity index (χ1v) is 12.6. The summed E-state index contributed by atoms with van der Waals surface area (Å²) in [5, 5.41) is 0. The summed E-state index contributed by atoms with van der Waals surface area (Å²) in [6, 6.07) is 27.4. The van der Waals surface area contributed by atoms with Gasteiger partial charge in [0.1, 0.15) is 0 Å². The van der Waals surface area contributed by atoms with Crippen LogP contribution in [0.25, 0.3) is 22.3 Å². The maximum Gasteiger partial charge on any atom is 0.0680 e. The number of benzene rings is 4. The van der Waals surface area contributed by atoms with Gasteiger partial charge < -0.3 is 4.90 Å². The molecule has 5 aromatic rings. The molecule has 0 radical (unpaired) electrons. The van der Waals surface area contributed by atoms with E-state index in [1.165, 1.54) is 83.8 Å². The molecule has 0 saturated carbocycles. The van der Waals surface area contributed by atoms with Gasteiger partial charge in [-0.05, 0) is 91.7 Å². The van der Waals surface area contributed by atoms with Crippen LogP contribution in [0.3, 0.4) is 0 Å². The van der Waals surface area contributed by atoms with Crippen molar-refractivity contribution in [2.24, 2.45) is 0 Å². The SMILES string of the molecule is c1ccc2c(c1)Cc1ccc3c(c1-2)Cc1cc2c4c(c1-3)Cc1ccccc1N4c1cnccc1C2. The number of rotatable bonds is 0. The quantitative estimate of drug-likeness (QED) is 0.240. The minimum atomic E-state index is 0.976. The number of nitrogens with zero attached hydrogens (tertiary/aromatic N) is 2. The maximum atomic E-state index is 4.52. The zero-order valence-electron chi connectivity index (χ0n) is 19.3. The number of aromatic nitrogens is 1. The molecule has 2 nitrogen and oxygen atoms in total. The van der Waals surface area contributed by atoms with E-state index in [2.05, 4.69) is 88.9 Å². The van der Waals surface area contributed by atoms with Gasteiger partial charge in [-0.15, -0.1) is 0 Å². The minimum absolute atomic E-state index is 0.976. The molecule has 35 heavy (non-hydrogen) atoms. The average Bonchev–Trinajstić information content (AvgIpc) is 3.46. The molecule has 4 aromatic carbocycles. The Balaban J connectivity index is 1.34. The second kappa shape index (κ2) is 6.28. The molecule has 164 valence electrons. The fraction of sp³-hybridized carbons (Fsp3) is 0.121. The Bertz CT molecular complexity index is 1750. The molecule has 0 atom stereocenters. The smallest absolute Gasteiger partial charge is 0.0680 e. The van der Waals surface area contributed by atoms with Gasteiger partial charge in [0.05, 0.1) is 17.6 Å². The molecule has 2 aliphatic carbocycles. The Labute approximate surface area is 204 Å². The molecule has 0 amide bonds. The number of fused-ring (bicyclic) bond motifs is 12. The molecule has 4 aliphatic rings. The summed E-state index contributed by atoms with van der Waals surface area (Å²) in [5.41, 5.74) is 21.5. The average molecular weight is 447 g/mol. The number of hydrogen-bond donors (Lipinski definition) is 0. The first-order chi connectivity index (χ1) is 17.3. The normalized spacial score (nSPS) is 14.9. The van der Waals surface area contributed by atoms with E-state index in [1.807, 2.05) is 6.20 Å². The van der Waals surface area contributed by atoms with Crippen LogP contribution in [0.2, 0.25) is 0 Å². The van der Waals surface area contributed by atoms with Gasteiger partial charge in [-0.2, -0.15) is 0 Å². The van der Waals surface area contributed by atoms with Crippen molar-refractivity contribution in [3.8, 4) is 22.3 Å². The van der Waals surface area contributed by atoms with Gasteiger partial charge >= 0.3 is 0 Å². The second-order valence-electron chi connectivity index (χ2n) is 10.4. The van der Waals surface area contributed by atoms with Crippen molar-refractivity contribution in [2.75, 3.05) is 4.90 Å². The topological polar surface area (TPSA) is 16.1 Å². The molecule has 0 bridgehead atoms. The van der Waals surface area contributed by atoms with Gasteiger partial charge in [0.2, 0.25) is 0 Å². The summed E-state index contributed by atoms with van der Waals surface area (Å²) in [4.78, 5) is 7.02. The predicted molar refractivity (Wildman–Crippen MR) is 141 cm³/mol. The highest BCUT2D eigenvalue weighted by Crippen LogP contribution is 2.56. The third-order valence-corrected chi connectivity index (χ3v) is 8.60. The van der Waals surface area contributed by atoms with Crippen LogP contribution in [0.5, 0.6) is 0 Å². The lowest BCUT2D eigenvalue weighted by Crippen LogP contribution is -2.25. The number of hydrogen-bond acceptors (Lipinski definition) is 2. The highest BCUT2D eigenvalue weighted by atomic mass is 15.2. The second-order valence-corrected chi connectivity index (χ2v) is 10.4. The van der Waals surface area contributed by atoms with Crippen molar-refractivity contribution >= 4 is 17.1 Å². The number of pyridine rings is 1. The van der Waals surface area contributed by atoms with Gasteiger partial charge in [0.25, 0.3) is 0 Å². The highest BCUT2D eigenvalue weighted by Gasteiger charge is 2.37. The molecule has 2 heteroatoms. The molecule has 3 heterocycles. The van der Waals surface area contributed by atoms with E-state index in [4.69, 9.17) is 0 Å². The lowest BCUT2D eigenvalue weighted by molar-refractivity contribution is 0.998. The Morgan fingerprint density at radius 3 is 2.29 bits per heavy atom. The van der Waals surface area contributed by atoms with Crippen molar-refractivity contribution in [3.05, 3.63) is 130 Å². The summed E-state index contributed by atoms with van der Waals surface area (Å²) < 4.78 is 0. The molecule has 0 unspecified atom stereocenters. The van der Waals surface area contributed by atoms with E-state index >= 15 is 0 Å². The Morgan fingerprint density at radius 2 is 1.31 bits per heavy atom. The standard InChI is InChI=1S/C33H22N2/c1-3-7-25-19(5-1)13-22-9-10-26-27(31(22)25)17-23-15-24-14-21-11-12-34-18-30(21)35-29-8-4-2-6-20(29)16-28(32(23)26)33(24)35/h1-12,15,18H,13-14,16-17H2. The minimum Gasteiger partial charge on any atom is -0.308 e. The monoisotopic (exact) mass is 446 g/mol. The van der Waals surface area contributed by atoms with Crippen LogP contribution in [0.1, 0.15) is 44.5 Å². The van der Waals surface area contributed by atoms with Gasteiger partial charge in [-0.3, -0.25) is 4.98 Å². The fourth-order valence-electron chi connectivity index (χ4n) is 7.24. The molecule has 2 aliphatic heterocycles. The summed E-state index contributed by atoms with van der Waals surface area (Å²) in [6.07, 6.45) is 8.04. The van der Waals surface area contributed by atoms with Crippen LogP contribution in [0.4, 0.5) is 17.1 Å². The molecule has 0 saturated heterocycles. The van der Waals surface area contributed by atoms with Gasteiger partial charge in [-0.1, -0.05) is 60.7 Å². The van der Waals surface area contributed by atoms with Crippen LogP contribution < -0.4 is 4.90 Å². The van der Waals surface area contributed by atoms with Crippen LogP contribution >= 0.6 is 0 Å². The van der Waals surface area contributed by atoms with E-state index < -0.39 is 0 Å². The molecule has 0 fully saturated rings. The zero-order chi connectivity index (χ0) is 22.7. The molecular formula is C33H22N2. The molecule has 1 aromatic heterocycles. The third-order valence-electron chi connectivity index (χ3n) is 8.60. The lowest BCUT2D eigenvalue weighted by Gasteiger charge is -2.40. The van der Waals surface area contributed by atoms with Crippen LogP contribution in [0.15, 0.2) is 85.2 Å². The van der Waals surface area contributed by atoms with E-state index in [9.17, 15) is 0 Å². The summed E-state index contributed by atoms with van der Waals surface area (Å²) >= 11 is 0. The van der Waals surface area contributed by atoms with Crippen LogP contribution in [0, 0.1) is 0 Å². The zero-order valence-corrected chi connectivity index (χ0v) is 19.3. The van der Waals surface area contributed by atoms with Crippen molar-refractivity contribution in [3.63, 3.8) is 0 Å². The van der Waals surface area contributed by atoms with Gasteiger partial charge in [0, 0.05) is 24.7 Å². The Morgan fingerprint density at radius 1 is 0.543 bits per heavy atom. The highest BCUT2D eigenvalue weighted by molar-refractivity contribution is 5.97. The van der Waals surface area contributed by atoms with E-state index in [1.54, 1.807) is 0 Å². The molecule has 0 spiro atoms. The molecule has 0 N–H and O–H groups in total. The van der Waals surface area contributed by atoms with E-state index in [-0.39, 0.29) is 0 Å².